The summed E-state index contributed by atoms with van der Waals surface area (Å²) in [7, 11) is 0. The Balaban J connectivity index is 2.91. The van der Waals surface area contributed by atoms with Gasteiger partial charge in [-0.15, -0.1) is 0 Å². The van der Waals surface area contributed by atoms with Crippen molar-refractivity contribution in [1.29, 1.82) is 0 Å². The summed E-state index contributed by atoms with van der Waals surface area (Å²) in [5, 5.41) is 8.68. The smallest absolute Gasteiger partial charge is 0.422 e. The fourth-order valence-corrected chi connectivity index (χ4v) is 1.31. The molecule has 0 aliphatic heterocycles. The third-order valence-electron chi connectivity index (χ3n) is 2.10. The number of carbonyl (C=O) groups is 1. The van der Waals surface area contributed by atoms with Crippen LogP contribution in [0, 0.1) is 0 Å². The van der Waals surface area contributed by atoms with E-state index in [-0.39, 0.29) is 11.4 Å². The third-order valence-corrected chi connectivity index (χ3v) is 2.10. The second-order valence-corrected chi connectivity index (χ2v) is 3.64. The summed E-state index contributed by atoms with van der Waals surface area (Å²) in [4.78, 5) is 14.3. The van der Waals surface area contributed by atoms with E-state index in [0.29, 0.717) is 6.42 Å². The van der Waals surface area contributed by atoms with Crippen LogP contribution in [0.25, 0.3) is 0 Å². The number of hydrogen-bond acceptors (Lipinski definition) is 3. The summed E-state index contributed by atoms with van der Waals surface area (Å²) in [5.41, 5.74) is 0.886. The molecule has 1 N–H and O–H groups in total. The number of aromatic nitrogens is 1. The maximum atomic E-state index is 12.0. The quantitative estimate of drug-likeness (QED) is 0.884. The Morgan fingerprint density at radius 3 is 2.67 bits per heavy atom. The van der Waals surface area contributed by atoms with E-state index < -0.39 is 25.2 Å². The number of aliphatic carboxylic acids is 1. The normalized spacial score (nSPS) is 11.3. The van der Waals surface area contributed by atoms with Crippen LogP contribution < -0.4 is 4.74 Å². The first-order valence-electron chi connectivity index (χ1n) is 5.21. The molecule has 0 atom stereocenters. The first-order valence-corrected chi connectivity index (χ1v) is 5.21. The van der Waals surface area contributed by atoms with Crippen molar-refractivity contribution in [2.45, 2.75) is 25.9 Å². The van der Waals surface area contributed by atoms with E-state index in [9.17, 15) is 18.0 Å². The van der Waals surface area contributed by atoms with Crippen LogP contribution in [0.4, 0.5) is 13.2 Å². The van der Waals surface area contributed by atoms with Crippen LogP contribution in [-0.4, -0.2) is 28.8 Å². The molecule has 1 aromatic rings. The molecule has 0 radical (unpaired) electrons. The molecule has 0 aliphatic carbocycles. The maximum Gasteiger partial charge on any atom is 0.422 e. The minimum atomic E-state index is -4.48. The lowest BCUT2D eigenvalue weighted by atomic mass is 10.1. The fourth-order valence-electron chi connectivity index (χ4n) is 1.31. The number of hydrogen-bond donors (Lipinski definition) is 1. The number of aryl methyl sites for hydroxylation is 1. The van der Waals surface area contributed by atoms with E-state index in [1.54, 1.807) is 0 Å². The van der Waals surface area contributed by atoms with Gasteiger partial charge in [-0.1, -0.05) is 6.92 Å². The van der Waals surface area contributed by atoms with Crippen LogP contribution in [0.3, 0.4) is 0 Å². The van der Waals surface area contributed by atoms with E-state index >= 15 is 0 Å². The van der Waals surface area contributed by atoms with Gasteiger partial charge in [-0.05, 0) is 18.1 Å². The molecule has 7 heteroatoms. The molecule has 0 fully saturated rings. The van der Waals surface area contributed by atoms with Crippen molar-refractivity contribution in [2.24, 2.45) is 0 Å². The highest BCUT2D eigenvalue weighted by molar-refractivity contribution is 5.71. The molecule has 0 aliphatic rings. The van der Waals surface area contributed by atoms with Gasteiger partial charge in [0.1, 0.15) is 0 Å². The predicted molar refractivity (Wildman–Crippen MR) is 56.5 cm³/mol. The summed E-state index contributed by atoms with van der Waals surface area (Å²) in [5.74, 6) is -1.44. The van der Waals surface area contributed by atoms with Crippen LogP contribution in [0.15, 0.2) is 12.3 Å². The summed E-state index contributed by atoms with van der Waals surface area (Å²) in [6.07, 6.45) is -2.92. The van der Waals surface area contributed by atoms with Gasteiger partial charge in [0, 0.05) is 11.8 Å². The van der Waals surface area contributed by atoms with Gasteiger partial charge in [0.05, 0.1) is 6.42 Å². The van der Waals surface area contributed by atoms with Crippen molar-refractivity contribution in [3.05, 3.63) is 23.4 Å². The average Bonchev–Trinajstić information content (AvgIpc) is 2.25. The molecule has 1 heterocycles. The SMILES string of the molecule is CCc1cnc(OCC(F)(F)F)c(CC(=O)O)c1. The Kier molecular flexibility index (Phi) is 4.52. The van der Waals surface area contributed by atoms with Crippen molar-refractivity contribution in [2.75, 3.05) is 6.61 Å². The second kappa shape index (κ2) is 5.70. The summed E-state index contributed by atoms with van der Waals surface area (Å²) < 4.78 is 40.5. The number of alkyl halides is 3. The molecule has 0 saturated carbocycles. The van der Waals surface area contributed by atoms with Gasteiger partial charge in [0.15, 0.2) is 6.61 Å². The molecule has 1 aromatic heterocycles. The molecule has 0 saturated heterocycles. The Bertz CT molecular complexity index is 432. The zero-order chi connectivity index (χ0) is 13.8. The van der Waals surface area contributed by atoms with Crippen molar-refractivity contribution < 1.29 is 27.8 Å². The van der Waals surface area contributed by atoms with Crippen molar-refractivity contribution in [3.8, 4) is 5.88 Å². The van der Waals surface area contributed by atoms with Crippen LogP contribution in [0.1, 0.15) is 18.1 Å². The lowest BCUT2D eigenvalue weighted by molar-refractivity contribution is -0.154. The third kappa shape index (κ3) is 4.60. The van der Waals surface area contributed by atoms with Crippen LogP contribution in [0.2, 0.25) is 0 Å². The molecule has 0 bridgehead atoms. The number of pyridine rings is 1. The predicted octanol–water partition coefficient (Wildman–Crippen LogP) is 2.21. The molecule has 0 spiro atoms. The highest BCUT2D eigenvalue weighted by Crippen LogP contribution is 2.21. The van der Waals surface area contributed by atoms with E-state index in [1.165, 1.54) is 12.3 Å². The number of nitrogens with zero attached hydrogens (tertiary/aromatic N) is 1. The summed E-state index contributed by atoms with van der Waals surface area (Å²) in [6.45, 7) is 0.343. The molecule has 4 nitrogen and oxygen atoms in total. The fraction of sp³-hybridized carbons (Fsp3) is 0.455. The minimum absolute atomic E-state index is 0.145. The monoisotopic (exact) mass is 263 g/mol. The van der Waals surface area contributed by atoms with E-state index in [1.807, 2.05) is 6.92 Å². The van der Waals surface area contributed by atoms with Crippen molar-refractivity contribution >= 4 is 5.97 Å². The number of carboxylic acid groups (broad SMARTS) is 1. The maximum absolute atomic E-state index is 12.0. The van der Waals surface area contributed by atoms with E-state index in [2.05, 4.69) is 9.72 Å². The van der Waals surface area contributed by atoms with Gasteiger partial charge < -0.3 is 9.84 Å². The largest absolute Gasteiger partial charge is 0.481 e. The van der Waals surface area contributed by atoms with Gasteiger partial charge in [0.25, 0.3) is 0 Å². The van der Waals surface area contributed by atoms with Crippen LogP contribution >= 0.6 is 0 Å². The van der Waals surface area contributed by atoms with Gasteiger partial charge in [-0.2, -0.15) is 13.2 Å². The van der Waals surface area contributed by atoms with Crippen LogP contribution in [-0.2, 0) is 17.6 Å². The van der Waals surface area contributed by atoms with Gasteiger partial charge >= 0.3 is 12.1 Å². The van der Waals surface area contributed by atoms with Gasteiger partial charge in [-0.3, -0.25) is 4.79 Å². The zero-order valence-electron chi connectivity index (χ0n) is 9.62. The molecule has 0 unspecified atom stereocenters. The first kappa shape index (κ1) is 14.3. The Morgan fingerprint density at radius 1 is 1.50 bits per heavy atom. The standard InChI is InChI=1S/C11H12F3NO3/c1-2-7-3-8(4-9(16)17)10(15-5-7)18-6-11(12,13)14/h3,5H,2,4,6H2,1H3,(H,16,17). The minimum Gasteiger partial charge on any atom is -0.481 e. The molecule has 1 rings (SSSR count). The lowest BCUT2D eigenvalue weighted by Crippen LogP contribution is -2.20. The molecule has 100 valence electrons. The average molecular weight is 263 g/mol. The topological polar surface area (TPSA) is 59.4 Å². The highest BCUT2D eigenvalue weighted by atomic mass is 19.4. The number of ether oxygens (including phenoxy) is 1. The Labute approximate surface area is 101 Å². The Hall–Kier alpha value is -1.79. The van der Waals surface area contributed by atoms with Crippen molar-refractivity contribution in [1.82, 2.24) is 4.98 Å². The summed E-state index contributed by atoms with van der Waals surface area (Å²) >= 11 is 0. The summed E-state index contributed by atoms with van der Waals surface area (Å²) in [6, 6.07) is 1.49. The lowest BCUT2D eigenvalue weighted by Gasteiger charge is -2.12. The van der Waals surface area contributed by atoms with E-state index in [0.717, 1.165) is 5.56 Å². The molecular weight excluding hydrogens is 251 g/mol. The molecule has 18 heavy (non-hydrogen) atoms. The molecule has 0 aromatic carbocycles. The van der Waals surface area contributed by atoms with Crippen LogP contribution in [0.5, 0.6) is 5.88 Å². The number of halogens is 3. The first-order chi connectivity index (χ1) is 8.31. The van der Waals surface area contributed by atoms with Gasteiger partial charge in [0.2, 0.25) is 5.88 Å². The highest BCUT2D eigenvalue weighted by Gasteiger charge is 2.29. The van der Waals surface area contributed by atoms with Gasteiger partial charge in [-0.25, -0.2) is 4.98 Å². The van der Waals surface area contributed by atoms with Crippen molar-refractivity contribution in [3.63, 3.8) is 0 Å². The number of carboxylic acids is 1. The zero-order valence-corrected chi connectivity index (χ0v) is 9.62. The molecular formula is C11H12F3NO3. The Morgan fingerprint density at radius 2 is 2.17 bits per heavy atom. The molecule has 0 amide bonds. The second-order valence-electron chi connectivity index (χ2n) is 3.64. The van der Waals surface area contributed by atoms with E-state index in [4.69, 9.17) is 5.11 Å². The number of rotatable bonds is 5.